The number of hydrogen-bond donors (Lipinski definition) is 1. The van der Waals surface area contributed by atoms with E-state index in [4.69, 9.17) is 0 Å². The average molecular weight is 219 g/mol. The first kappa shape index (κ1) is 11.1. The van der Waals surface area contributed by atoms with E-state index < -0.39 is 0 Å². The smallest absolute Gasteiger partial charge is 0.283 e. The molecule has 1 aromatic heterocycles. The van der Waals surface area contributed by atoms with E-state index in [0.29, 0.717) is 0 Å². The second-order valence-electron chi connectivity index (χ2n) is 4.13. The van der Waals surface area contributed by atoms with Crippen LogP contribution in [0.1, 0.15) is 25.6 Å². The molecule has 0 amide bonds. The number of aliphatic hydroxyl groups excluding tert-OH is 1. The molecule has 0 unspecified atom stereocenters. The van der Waals surface area contributed by atoms with E-state index in [1.165, 1.54) is 17.5 Å². The van der Waals surface area contributed by atoms with E-state index in [2.05, 4.69) is 28.2 Å². The summed E-state index contributed by atoms with van der Waals surface area (Å²) < 4.78 is 4.30. The molecule has 2 rings (SSSR count). The minimum atomic E-state index is 0.0922. The maximum absolute atomic E-state index is 9.46. The normalized spacial score (nSPS) is 11.2. The molecular weight excluding hydrogens is 200 g/mol. The minimum Gasteiger partial charge on any atom is -0.384 e. The molecule has 86 valence electrons. The lowest BCUT2D eigenvalue weighted by Gasteiger charge is -1.99. The van der Waals surface area contributed by atoms with Gasteiger partial charge in [-0.25, -0.2) is 9.13 Å². The monoisotopic (exact) mass is 219 g/mol. The molecule has 3 nitrogen and oxygen atoms in total. The summed E-state index contributed by atoms with van der Waals surface area (Å²) in [5, 5.41) is 9.46. The first-order valence-corrected chi connectivity index (χ1v) is 5.86. The highest BCUT2D eigenvalue weighted by Gasteiger charge is 2.20. The Bertz CT molecular complexity index is 488. The van der Waals surface area contributed by atoms with Gasteiger partial charge < -0.3 is 5.11 Å². The topological polar surface area (TPSA) is 29.0 Å². The number of hydrogen-bond acceptors (Lipinski definition) is 1. The number of rotatable bonds is 4. The number of nitrogens with zero attached hydrogens (tertiary/aromatic N) is 2. The Morgan fingerprint density at radius 3 is 2.75 bits per heavy atom. The summed E-state index contributed by atoms with van der Waals surface area (Å²) in [5.41, 5.74) is 2.39. The van der Waals surface area contributed by atoms with E-state index in [1.807, 2.05) is 19.2 Å². The highest BCUT2D eigenvalue weighted by Crippen LogP contribution is 2.14. The highest BCUT2D eigenvalue weighted by atomic mass is 16.3. The van der Waals surface area contributed by atoms with E-state index >= 15 is 0 Å². The second-order valence-corrected chi connectivity index (χ2v) is 4.13. The molecule has 3 heteroatoms. The summed E-state index contributed by atoms with van der Waals surface area (Å²) in [6.07, 6.45) is 2.31. The van der Waals surface area contributed by atoms with Gasteiger partial charge in [-0.1, -0.05) is 25.5 Å². The van der Waals surface area contributed by atoms with E-state index in [1.54, 1.807) is 0 Å². The van der Waals surface area contributed by atoms with E-state index in [-0.39, 0.29) is 6.61 Å². The molecule has 0 radical (unpaired) electrons. The van der Waals surface area contributed by atoms with Crippen LogP contribution in [0.2, 0.25) is 0 Å². The molecule has 0 spiro atoms. The standard InChI is InChI=1S/C13H19N2O/c1-3-4-9-15-12-8-6-5-7-11(12)14(2)13(15)10-16/h5-8,16H,3-4,9-10H2,1-2H3/q+1. The van der Waals surface area contributed by atoms with Crippen molar-refractivity contribution >= 4 is 11.0 Å². The number of aryl methyl sites for hydroxylation is 2. The molecular formula is C13H19N2O+. The molecule has 0 saturated carbocycles. The van der Waals surface area contributed by atoms with Gasteiger partial charge >= 0.3 is 0 Å². The van der Waals surface area contributed by atoms with Crippen molar-refractivity contribution in [1.82, 2.24) is 4.57 Å². The average Bonchev–Trinajstić information content (AvgIpc) is 2.60. The van der Waals surface area contributed by atoms with Gasteiger partial charge in [-0.3, -0.25) is 0 Å². The lowest BCUT2D eigenvalue weighted by atomic mass is 10.3. The van der Waals surface area contributed by atoms with E-state index in [0.717, 1.165) is 18.8 Å². The van der Waals surface area contributed by atoms with Crippen LogP contribution in [0.5, 0.6) is 0 Å². The summed E-state index contributed by atoms with van der Waals surface area (Å²) in [7, 11) is 2.01. The zero-order chi connectivity index (χ0) is 11.5. The third-order valence-electron chi connectivity index (χ3n) is 3.11. The van der Waals surface area contributed by atoms with Crippen LogP contribution in [0.3, 0.4) is 0 Å². The Balaban J connectivity index is 2.58. The Morgan fingerprint density at radius 2 is 2.06 bits per heavy atom. The molecule has 1 aromatic carbocycles. The number of unbranched alkanes of at least 4 members (excludes halogenated alkanes) is 1. The molecule has 2 aromatic rings. The van der Waals surface area contributed by atoms with Gasteiger partial charge in [-0.2, -0.15) is 0 Å². The van der Waals surface area contributed by atoms with Gasteiger partial charge in [-0.15, -0.1) is 0 Å². The fourth-order valence-corrected chi connectivity index (χ4v) is 2.19. The second kappa shape index (κ2) is 4.66. The molecule has 0 atom stereocenters. The maximum Gasteiger partial charge on any atom is 0.283 e. The number of benzene rings is 1. The first-order chi connectivity index (χ1) is 7.79. The van der Waals surface area contributed by atoms with E-state index in [9.17, 15) is 5.11 Å². The Hall–Kier alpha value is -1.35. The molecule has 0 bridgehead atoms. The number of aromatic nitrogens is 2. The Morgan fingerprint density at radius 1 is 1.31 bits per heavy atom. The van der Waals surface area contributed by atoms with Crippen LogP contribution in [0.15, 0.2) is 24.3 Å². The van der Waals surface area contributed by atoms with Crippen molar-refractivity contribution < 1.29 is 9.67 Å². The van der Waals surface area contributed by atoms with Gasteiger partial charge in [-0.05, 0) is 18.6 Å². The SMILES string of the molecule is CCCCn1c(CO)[n+](C)c2ccccc21. The van der Waals surface area contributed by atoms with Crippen molar-refractivity contribution in [2.75, 3.05) is 0 Å². The van der Waals surface area contributed by atoms with Crippen molar-refractivity contribution in [2.45, 2.75) is 32.9 Å². The summed E-state index contributed by atoms with van der Waals surface area (Å²) in [6.45, 7) is 3.26. The lowest BCUT2D eigenvalue weighted by molar-refractivity contribution is -0.656. The zero-order valence-electron chi connectivity index (χ0n) is 9.98. The van der Waals surface area contributed by atoms with Crippen LogP contribution in [-0.4, -0.2) is 9.67 Å². The predicted molar refractivity (Wildman–Crippen MR) is 63.9 cm³/mol. The third-order valence-corrected chi connectivity index (χ3v) is 3.11. The Kier molecular flexibility index (Phi) is 3.25. The van der Waals surface area contributed by atoms with Crippen LogP contribution in [0, 0.1) is 0 Å². The summed E-state index contributed by atoms with van der Waals surface area (Å²) >= 11 is 0. The summed E-state index contributed by atoms with van der Waals surface area (Å²) in [6, 6.07) is 8.29. The fourth-order valence-electron chi connectivity index (χ4n) is 2.19. The highest BCUT2D eigenvalue weighted by molar-refractivity contribution is 5.72. The van der Waals surface area contributed by atoms with Crippen LogP contribution in [-0.2, 0) is 20.2 Å². The van der Waals surface area contributed by atoms with Crippen LogP contribution < -0.4 is 4.57 Å². The maximum atomic E-state index is 9.46. The quantitative estimate of drug-likeness (QED) is 0.780. The van der Waals surface area contributed by atoms with Gasteiger partial charge in [0.1, 0.15) is 6.61 Å². The Labute approximate surface area is 95.9 Å². The van der Waals surface area contributed by atoms with Crippen LogP contribution in [0.4, 0.5) is 0 Å². The van der Waals surface area contributed by atoms with Crippen molar-refractivity contribution in [3.05, 3.63) is 30.1 Å². The molecule has 1 heterocycles. The molecule has 0 aliphatic heterocycles. The number of aliphatic hydroxyl groups is 1. The largest absolute Gasteiger partial charge is 0.384 e. The zero-order valence-corrected chi connectivity index (χ0v) is 9.98. The van der Waals surface area contributed by atoms with Gasteiger partial charge in [0, 0.05) is 0 Å². The predicted octanol–water partition coefficient (Wildman–Crippen LogP) is 1.76. The minimum absolute atomic E-state index is 0.0922. The molecule has 16 heavy (non-hydrogen) atoms. The van der Waals surface area contributed by atoms with Gasteiger partial charge in [0.15, 0.2) is 11.0 Å². The number of para-hydroxylation sites is 2. The first-order valence-electron chi connectivity index (χ1n) is 5.86. The van der Waals surface area contributed by atoms with Crippen molar-refractivity contribution in [3.63, 3.8) is 0 Å². The molecule has 0 aliphatic carbocycles. The van der Waals surface area contributed by atoms with Crippen molar-refractivity contribution in [3.8, 4) is 0 Å². The summed E-state index contributed by atoms with van der Waals surface area (Å²) in [5.74, 6) is 0.981. The van der Waals surface area contributed by atoms with Crippen molar-refractivity contribution in [2.24, 2.45) is 7.05 Å². The van der Waals surface area contributed by atoms with Gasteiger partial charge in [0.05, 0.1) is 13.6 Å². The number of fused-ring (bicyclic) bond motifs is 1. The van der Waals surface area contributed by atoms with Crippen LogP contribution in [0.25, 0.3) is 11.0 Å². The fraction of sp³-hybridized carbons (Fsp3) is 0.462. The van der Waals surface area contributed by atoms with Gasteiger partial charge in [0.25, 0.3) is 5.82 Å². The molecule has 0 aliphatic rings. The van der Waals surface area contributed by atoms with Crippen LogP contribution >= 0.6 is 0 Å². The molecule has 0 fully saturated rings. The molecule has 1 N–H and O–H groups in total. The lowest BCUT2D eigenvalue weighted by Crippen LogP contribution is -2.33. The summed E-state index contributed by atoms with van der Waals surface area (Å²) in [4.78, 5) is 0. The van der Waals surface area contributed by atoms with Gasteiger partial charge in [0.2, 0.25) is 0 Å². The third kappa shape index (κ3) is 1.71. The number of imidazole rings is 1. The molecule has 0 saturated heterocycles. The van der Waals surface area contributed by atoms with Crippen molar-refractivity contribution in [1.29, 1.82) is 0 Å².